The minimum Gasteiger partial charge on any atom is -0.381 e. The van der Waals surface area contributed by atoms with Crippen molar-refractivity contribution in [3.63, 3.8) is 0 Å². The third-order valence-corrected chi connectivity index (χ3v) is 2.90. The number of benzene rings is 1. The summed E-state index contributed by atoms with van der Waals surface area (Å²) in [7, 11) is 0. The molecule has 2 rings (SSSR count). The Morgan fingerprint density at radius 3 is 2.55 bits per heavy atom. The van der Waals surface area contributed by atoms with E-state index in [0.717, 1.165) is 23.5 Å². The van der Waals surface area contributed by atoms with Gasteiger partial charge in [0.15, 0.2) is 0 Å². The molecular weight excluding hydrogens is 250 g/mol. The number of nitrogens with zero attached hydrogens (tertiary/aromatic N) is 1. The zero-order chi connectivity index (χ0) is 14.4. The molecular formula is C16H19N3O. The number of carbonyl (C=O) groups excluding carboxylic acids is 1. The maximum Gasteiger partial charge on any atom is 0.226 e. The Kier molecular flexibility index (Phi) is 4.71. The van der Waals surface area contributed by atoms with Crippen molar-refractivity contribution >= 4 is 17.3 Å². The van der Waals surface area contributed by atoms with Crippen LogP contribution in [0.4, 0.5) is 11.4 Å². The molecule has 1 heterocycles. The van der Waals surface area contributed by atoms with Gasteiger partial charge in [-0.15, -0.1) is 0 Å². The molecule has 104 valence electrons. The number of pyridine rings is 1. The minimum atomic E-state index is -0.0246. The molecule has 0 fully saturated rings. The van der Waals surface area contributed by atoms with Gasteiger partial charge in [0.1, 0.15) is 0 Å². The van der Waals surface area contributed by atoms with Crippen LogP contribution in [0.25, 0.3) is 0 Å². The van der Waals surface area contributed by atoms with Crippen LogP contribution in [-0.4, -0.2) is 10.9 Å². The molecule has 0 saturated heterocycles. The molecule has 0 radical (unpaired) electrons. The van der Waals surface area contributed by atoms with E-state index in [9.17, 15) is 4.79 Å². The molecule has 4 heteroatoms. The average Bonchev–Trinajstić information content (AvgIpc) is 2.46. The van der Waals surface area contributed by atoms with Crippen LogP contribution >= 0.6 is 0 Å². The van der Waals surface area contributed by atoms with Crippen molar-refractivity contribution in [2.24, 2.45) is 5.92 Å². The van der Waals surface area contributed by atoms with Gasteiger partial charge in [0.25, 0.3) is 0 Å². The van der Waals surface area contributed by atoms with Crippen molar-refractivity contribution in [1.29, 1.82) is 0 Å². The van der Waals surface area contributed by atoms with Gasteiger partial charge in [0, 0.05) is 36.2 Å². The normalized spacial score (nSPS) is 10.3. The van der Waals surface area contributed by atoms with Crippen LogP contribution in [0.3, 0.4) is 0 Å². The van der Waals surface area contributed by atoms with Crippen LogP contribution in [0, 0.1) is 5.92 Å². The van der Waals surface area contributed by atoms with E-state index in [4.69, 9.17) is 0 Å². The molecule has 2 N–H and O–H groups in total. The van der Waals surface area contributed by atoms with E-state index >= 15 is 0 Å². The fourth-order valence-electron chi connectivity index (χ4n) is 1.70. The number of rotatable bonds is 5. The first-order valence-electron chi connectivity index (χ1n) is 6.69. The number of hydrogen-bond donors (Lipinski definition) is 2. The Bertz CT molecular complexity index is 567. The summed E-state index contributed by atoms with van der Waals surface area (Å²) < 4.78 is 0. The lowest BCUT2D eigenvalue weighted by Gasteiger charge is -2.11. The second kappa shape index (κ2) is 6.70. The van der Waals surface area contributed by atoms with E-state index in [1.54, 1.807) is 12.4 Å². The summed E-state index contributed by atoms with van der Waals surface area (Å²) >= 11 is 0. The Morgan fingerprint density at radius 2 is 1.85 bits per heavy atom. The molecule has 1 aromatic carbocycles. The first-order chi connectivity index (χ1) is 9.65. The van der Waals surface area contributed by atoms with Gasteiger partial charge in [0.05, 0.1) is 0 Å². The second-order valence-electron chi connectivity index (χ2n) is 4.93. The van der Waals surface area contributed by atoms with E-state index in [-0.39, 0.29) is 11.8 Å². The summed E-state index contributed by atoms with van der Waals surface area (Å²) in [6, 6.07) is 11.7. The van der Waals surface area contributed by atoms with Gasteiger partial charge in [-0.1, -0.05) is 19.9 Å². The van der Waals surface area contributed by atoms with Crippen LogP contribution in [0.2, 0.25) is 0 Å². The van der Waals surface area contributed by atoms with Crippen molar-refractivity contribution in [2.75, 3.05) is 10.6 Å². The number of nitrogens with one attached hydrogen (secondary N) is 2. The molecule has 0 bridgehead atoms. The van der Waals surface area contributed by atoms with Crippen LogP contribution < -0.4 is 10.6 Å². The highest BCUT2D eigenvalue weighted by Crippen LogP contribution is 2.16. The fourth-order valence-corrected chi connectivity index (χ4v) is 1.70. The number of aromatic nitrogens is 1. The zero-order valence-corrected chi connectivity index (χ0v) is 11.8. The van der Waals surface area contributed by atoms with Crippen molar-refractivity contribution < 1.29 is 4.79 Å². The average molecular weight is 269 g/mol. The predicted molar refractivity (Wildman–Crippen MR) is 81.5 cm³/mol. The Labute approximate surface area is 119 Å². The third kappa shape index (κ3) is 4.09. The molecule has 0 aliphatic heterocycles. The van der Waals surface area contributed by atoms with Crippen LogP contribution in [0.15, 0.2) is 48.8 Å². The summed E-state index contributed by atoms with van der Waals surface area (Å²) in [5.41, 5.74) is 2.95. The molecule has 1 amide bonds. The number of carbonyl (C=O) groups is 1. The highest BCUT2D eigenvalue weighted by molar-refractivity contribution is 5.92. The van der Waals surface area contributed by atoms with Gasteiger partial charge in [0.2, 0.25) is 5.91 Å². The van der Waals surface area contributed by atoms with Gasteiger partial charge >= 0.3 is 0 Å². The third-order valence-electron chi connectivity index (χ3n) is 2.90. The topological polar surface area (TPSA) is 54.0 Å². The van der Waals surface area contributed by atoms with Gasteiger partial charge in [-0.2, -0.15) is 0 Å². The molecule has 0 saturated carbocycles. The Hall–Kier alpha value is -2.36. The lowest BCUT2D eigenvalue weighted by Crippen LogP contribution is -2.17. The van der Waals surface area contributed by atoms with Gasteiger partial charge < -0.3 is 10.6 Å². The van der Waals surface area contributed by atoms with E-state index in [0.29, 0.717) is 0 Å². The summed E-state index contributed by atoms with van der Waals surface area (Å²) in [5, 5.41) is 6.22. The summed E-state index contributed by atoms with van der Waals surface area (Å²) in [6.07, 6.45) is 3.55. The molecule has 20 heavy (non-hydrogen) atoms. The maximum absolute atomic E-state index is 11.7. The number of amides is 1. The van der Waals surface area contributed by atoms with Crippen molar-refractivity contribution in [3.05, 3.63) is 54.4 Å². The molecule has 1 aromatic heterocycles. The molecule has 0 spiro atoms. The van der Waals surface area contributed by atoms with E-state index in [1.165, 1.54) is 0 Å². The summed E-state index contributed by atoms with van der Waals surface area (Å²) in [5.74, 6) is -0.000261. The van der Waals surface area contributed by atoms with Crippen molar-refractivity contribution in [1.82, 2.24) is 4.98 Å². The zero-order valence-electron chi connectivity index (χ0n) is 11.8. The maximum atomic E-state index is 11.7. The fraction of sp³-hybridized carbons (Fsp3) is 0.250. The van der Waals surface area contributed by atoms with Crippen LogP contribution in [-0.2, 0) is 11.3 Å². The van der Waals surface area contributed by atoms with Gasteiger partial charge in [-0.25, -0.2) is 0 Å². The molecule has 0 unspecified atom stereocenters. The first kappa shape index (κ1) is 14.1. The highest BCUT2D eigenvalue weighted by Gasteiger charge is 2.07. The quantitative estimate of drug-likeness (QED) is 0.875. The highest BCUT2D eigenvalue weighted by atomic mass is 16.1. The standard InChI is InChI=1S/C16H19N3O/c1-12(2)16(20)19-15-5-3-4-14(10-15)18-11-13-6-8-17-9-7-13/h3-10,12,18H,11H2,1-2H3,(H,19,20). The smallest absolute Gasteiger partial charge is 0.226 e. The predicted octanol–water partition coefficient (Wildman–Crippen LogP) is 3.29. The minimum absolute atomic E-state index is 0.0243. The van der Waals surface area contributed by atoms with Crippen LogP contribution in [0.1, 0.15) is 19.4 Å². The van der Waals surface area contributed by atoms with Crippen molar-refractivity contribution in [3.8, 4) is 0 Å². The van der Waals surface area contributed by atoms with Gasteiger partial charge in [-0.05, 0) is 35.9 Å². The molecule has 4 nitrogen and oxygen atoms in total. The SMILES string of the molecule is CC(C)C(=O)Nc1cccc(NCc2ccncc2)c1. The van der Waals surface area contributed by atoms with E-state index in [1.807, 2.05) is 50.2 Å². The molecule has 0 aliphatic carbocycles. The van der Waals surface area contributed by atoms with E-state index < -0.39 is 0 Å². The monoisotopic (exact) mass is 269 g/mol. The summed E-state index contributed by atoms with van der Waals surface area (Å²) in [4.78, 5) is 15.7. The van der Waals surface area contributed by atoms with Crippen LogP contribution in [0.5, 0.6) is 0 Å². The molecule has 2 aromatic rings. The second-order valence-corrected chi connectivity index (χ2v) is 4.93. The first-order valence-corrected chi connectivity index (χ1v) is 6.69. The lowest BCUT2D eigenvalue weighted by atomic mass is 10.2. The summed E-state index contributed by atoms with van der Waals surface area (Å²) in [6.45, 7) is 4.48. The Balaban J connectivity index is 1.97. The molecule has 0 aliphatic rings. The lowest BCUT2D eigenvalue weighted by molar-refractivity contribution is -0.118. The van der Waals surface area contributed by atoms with Crippen molar-refractivity contribution in [2.45, 2.75) is 20.4 Å². The molecule has 0 atom stereocenters. The number of hydrogen-bond acceptors (Lipinski definition) is 3. The Morgan fingerprint density at radius 1 is 1.15 bits per heavy atom. The van der Waals surface area contributed by atoms with E-state index in [2.05, 4.69) is 15.6 Å². The largest absolute Gasteiger partial charge is 0.381 e. The number of anilines is 2. The van der Waals surface area contributed by atoms with Gasteiger partial charge in [-0.3, -0.25) is 9.78 Å².